The second-order valence-corrected chi connectivity index (χ2v) is 8.76. The van der Waals surface area contributed by atoms with Gasteiger partial charge < -0.3 is 5.32 Å². The molecule has 0 heterocycles. The van der Waals surface area contributed by atoms with E-state index in [-0.39, 0.29) is 12.5 Å². The van der Waals surface area contributed by atoms with Crippen LogP contribution in [0.25, 0.3) is 0 Å². The van der Waals surface area contributed by atoms with Crippen molar-refractivity contribution in [2.24, 2.45) is 5.92 Å². The average molecular weight is 389 g/mol. The fourth-order valence-electron chi connectivity index (χ4n) is 2.67. The minimum atomic E-state index is -3.58. The van der Waals surface area contributed by atoms with Gasteiger partial charge in [-0.05, 0) is 43.0 Å². The van der Waals surface area contributed by atoms with Gasteiger partial charge >= 0.3 is 0 Å². The van der Waals surface area contributed by atoms with Crippen molar-refractivity contribution in [1.82, 2.24) is 5.32 Å². The van der Waals surface area contributed by atoms with E-state index in [0.717, 1.165) is 36.2 Å². The number of nitrogens with zero attached hydrogens (tertiary/aromatic N) is 1. The molecule has 0 fully saturated rings. The van der Waals surface area contributed by atoms with E-state index in [0.29, 0.717) is 28.7 Å². The lowest BCUT2D eigenvalue weighted by Gasteiger charge is -2.24. The zero-order valence-electron chi connectivity index (χ0n) is 15.5. The average Bonchev–Trinajstić information content (AvgIpc) is 2.52. The number of amides is 1. The van der Waals surface area contributed by atoms with Crippen LogP contribution in [0.1, 0.15) is 45.1 Å². The minimum absolute atomic E-state index is 0.231. The van der Waals surface area contributed by atoms with Crippen LogP contribution in [0, 0.1) is 12.8 Å². The van der Waals surface area contributed by atoms with Crippen LogP contribution in [-0.2, 0) is 14.8 Å². The molecule has 1 amide bonds. The predicted molar refractivity (Wildman–Crippen MR) is 105 cm³/mol. The first-order valence-electron chi connectivity index (χ1n) is 8.69. The Labute approximate surface area is 156 Å². The summed E-state index contributed by atoms with van der Waals surface area (Å²) in [4.78, 5) is 12.3. The Morgan fingerprint density at radius 1 is 1.32 bits per heavy atom. The molecule has 7 heteroatoms. The van der Waals surface area contributed by atoms with Gasteiger partial charge in [-0.25, -0.2) is 8.42 Å². The van der Waals surface area contributed by atoms with Crippen LogP contribution in [0.3, 0.4) is 0 Å². The van der Waals surface area contributed by atoms with Gasteiger partial charge in [0.25, 0.3) is 0 Å². The summed E-state index contributed by atoms with van der Waals surface area (Å²) in [6, 6.07) is 4.94. The molecule has 1 rings (SSSR count). The fraction of sp³-hybridized carbons (Fsp3) is 0.611. The van der Waals surface area contributed by atoms with Crippen LogP contribution in [-0.4, -0.2) is 33.7 Å². The number of anilines is 1. The summed E-state index contributed by atoms with van der Waals surface area (Å²) in [5, 5.41) is 3.40. The number of aryl methyl sites for hydroxylation is 1. The second-order valence-electron chi connectivity index (χ2n) is 6.42. The topological polar surface area (TPSA) is 66.5 Å². The van der Waals surface area contributed by atoms with E-state index < -0.39 is 10.0 Å². The molecular weight excluding hydrogens is 360 g/mol. The Morgan fingerprint density at radius 3 is 2.52 bits per heavy atom. The summed E-state index contributed by atoms with van der Waals surface area (Å²) >= 11 is 5.94. The van der Waals surface area contributed by atoms with E-state index in [2.05, 4.69) is 19.2 Å². The van der Waals surface area contributed by atoms with Crippen molar-refractivity contribution in [3.05, 3.63) is 28.8 Å². The Bertz CT molecular complexity index is 677. The highest BCUT2D eigenvalue weighted by atomic mass is 35.5. The molecular formula is C18H29ClN2O3S. The number of sulfonamides is 1. The second kappa shape index (κ2) is 10.0. The van der Waals surface area contributed by atoms with Crippen LogP contribution >= 0.6 is 11.6 Å². The lowest BCUT2D eigenvalue weighted by molar-refractivity contribution is -0.119. The number of hydrogen-bond acceptors (Lipinski definition) is 3. The molecule has 1 atom stereocenters. The van der Waals surface area contributed by atoms with Crippen molar-refractivity contribution in [3.8, 4) is 0 Å². The van der Waals surface area contributed by atoms with E-state index in [1.54, 1.807) is 25.1 Å². The maximum atomic E-state index is 12.3. The van der Waals surface area contributed by atoms with Crippen molar-refractivity contribution in [3.63, 3.8) is 0 Å². The first-order chi connectivity index (χ1) is 11.7. The maximum absolute atomic E-state index is 12.3. The van der Waals surface area contributed by atoms with Gasteiger partial charge in [0.2, 0.25) is 15.9 Å². The molecule has 0 saturated heterocycles. The number of benzene rings is 1. The summed E-state index contributed by atoms with van der Waals surface area (Å²) in [5.74, 6) is 0.127. The third-order valence-electron chi connectivity index (χ3n) is 4.25. The number of halogens is 1. The Hall–Kier alpha value is -1.27. The monoisotopic (exact) mass is 388 g/mol. The SMILES string of the molecule is CCCC[C@H](CC)CNC(=O)CN(c1ccc(Cl)cc1C)S(C)(=O)=O. The third-order valence-corrected chi connectivity index (χ3v) is 5.61. The molecule has 0 radical (unpaired) electrons. The van der Waals surface area contributed by atoms with Crippen molar-refractivity contribution in [1.29, 1.82) is 0 Å². The number of nitrogens with one attached hydrogen (secondary N) is 1. The normalized spacial score (nSPS) is 12.7. The summed E-state index contributed by atoms with van der Waals surface area (Å²) in [6.07, 6.45) is 5.42. The number of carbonyl (C=O) groups excluding carboxylic acids is 1. The van der Waals surface area contributed by atoms with Gasteiger partial charge in [-0.1, -0.05) is 44.7 Å². The van der Waals surface area contributed by atoms with Gasteiger partial charge in [0.15, 0.2) is 0 Å². The molecule has 0 aliphatic carbocycles. The molecule has 1 N–H and O–H groups in total. The molecule has 0 saturated carbocycles. The van der Waals surface area contributed by atoms with Crippen molar-refractivity contribution in [2.45, 2.75) is 46.5 Å². The van der Waals surface area contributed by atoms with E-state index in [4.69, 9.17) is 11.6 Å². The highest BCUT2D eigenvalue weighted by Gasteiger charge is 2.22. The first kappa shape index (κ1) is 21.8. The zero-order chi connectivity index (χ0) is 19.0. The Kier molecular flexibility index (Phi) is 8.73. The van der Waals surface area contributed by atoms with Gasteiger partial charge in [0.1, 0.15) is 6.54 Å². The molecule has 1 aromatic rings. The number of carbonyl (C=O) groups is 1. The molecule has 0 bridgehead atoms. The van der Waals surface area contributed by atoms with Crippen molar-refractivity contribution in [2.75, 3.05) is 23.7 Å². The van der Waals surface area contributed by atoms with Crippen LogP contribution in [0.15, 0.2) is 18.2 Å². The molecule has 0 spiro atoms. The lowest BCUT2D eigenvalue weighted by atomic mass is 9.99. The molecule has 0 aliphatic heterocycles. The van der Waals surface area contributed by atoms with Crippen LogP contribution in [0.2, 0.25) is 5.02 Å². The largest absolute Gasteiger partial charge is 0.354 e. The van der Waals surface area contributed by atoms with E-state index in [9.17, 15) is 13.2 Å². The maximum Gasteiger partial charge on any atom is 0.240 e. The highest BCUT2D eigenvalue weighted by Crippen LogP contribution is 2.25. The van der Waals surface area contributed by atoms with Crippen LogP contribution in [0.4, 0.5) is 5.69 Å². The molecule has 142 valence electrons. The van der Waals surface area contributed by atoms with Gasteiger partial charge in [-0.15, -0.1) is 0 Å². The quantitative estimate of drug-likeness (QED) is 0.663. The van der Waals surface area contributed by atoms with E-state index >= 15 is 0 Å². The molecule has 25 heavy (non-hydrogen) atoms. The lowest BCUT2D eigenvalue weighted by Crippen LogP contribution is -2.42. The number of rotatable bonds is 10. The van der Waals surface area contributed by atoms with E-state index in [1.807, 2.05) is 0 Å². The number of unbranched alkanes of at least 4 members (excludes halogenated alkanes) is 1. The minimum Gasteiger partial charge on any atom is -0.354 e. The molecule has 1 aromatic carbocycles. The standard InChI is InChI=1S/C18H29ClN2O3S/c1-5-7-8-15(6-2)12-20-18(22)13-21(25(4,23)24)17-10-9-16(19)11-14(17)3/h9-11,15H,5-8,12-13H2,1-4H3,(H,20,22)/t15-/m0/s1. The first-order valence-corrected chi connectivity index (χ1v) is 10.9. The van der Waals surface area contributed by atoms with Gasteiger partial charge in [-0.3, -0.25) is 9.10 Å². The number of hydrogen-bond donors (Lipinski definition) is 1. The molecule has 0 aromatic heterocycles. The van der Waals surface area contributed by atoms with Crippen LogP contribution < -0.4 is 9.62 Å². The fourth-order valence-corrected chi connectivity index (χ4v) is 3.81. The van der Waals surface area contributed by atoms with Gasteiger partial charge in [0.05, 0.1) is 11.9 Å². The van der Waals surface area contributed by atoms with Crippen molar-refractivity contribution < 1.29 is 13.2 Å². The zero-order valence-corrected chi connectivity index (χ0v) is 17.1. The highest BCUT2D eigenvalue weighted by molar-refractivity contribution is 7.92. The van der Waals surface area contributed by atoms with Gasteiger partial charge in [0, 0.05) is 11.6 Å². The smallest absolute Gasteiger partial charge is 0.240 e. The molecule has 0 unspecified atom stereocenters. The third kappa shape index (κ3) is 7.24. The summed E-state index contributed by atoms with van der Waals surface area (Å²) in [6.45, 7) is 6.36. The molecule has 5 nitrogen and oxygen atoms in total. The van der Waals surface area contributed by atoms with Crippen molar-refractivity contribution >= 4 is 33.2 Å². The predicted octanol–water partition coefficient (Wildman–Crippen LogP) is 3.75. The Morgan fingerprint density at radius 2 is 2.00 bits per heavy atom. The van der Waals surface area contributed by atoms with Gasteiger partial charge in [-0.2, -0.15) is 0 Å². The summed E-state index contributed by atoms with van der Waals surface area (Å²) in [7, 11) is -3.58. The van der Waals surface area contributed by atoms with E-state index in [1.165, 1.54) is 0 Å². The Balaban J connectivity index is 2.81. The summed E-state index contributed by atoms with van der Waals surface area (Å²) < 4.78 is 25.4. The summed E-state index contributed by atoms with van der Waals surface area (Å²) in [5.41, 5.74) is 1.18. The molecule has 0 aliphatic rings. The van der Waals surface area contributed by atoms with Crippen LogP contribution in [0.5, 0.6) is 0 Å².